The van der Waals surface area contributed by atoms with Crippen LogP contribution in [0.2, 0.25) is 0 Å². The fraction of sp³-hybridized carbons (Fsp3) is 1.00. The number of aliphatic hydroxyl groups excluding tert-OH is 3. The van der Waals surface area contributed by atoms with Crippen molar-refractivity contribution in [1.29, 1.82) is 0 Å². The molecule has 1 saturated heterocycles. The summed E-state index contributed by atoms with van der Waals surface area (Å²) in [5, 5.41) is 29.1. The van der Waals surface area contributed by atoms with Crippen LogP contribution in [-0.4, -0.2) is 65.8 Å². The fourth-order valence-electron chi connectivity index (χ4n) is 1.68. The Hall–Kier alpha value is -0.240. The molecule has 0 aromatic heterocycles. The molecule has 1 heterocycles. The van der Waals surface area contributed by atoms with E-state index in [1.165, 1.54) is 7.11 Å². The molecule has 6 nitrogen and oxygen atoms in total. The van der Waals surface area contributed by atoms with Gasteiger partial charge in [0.15, 0.2) is 6.29 Å². The van der Waals surface area contributed by atoms with Gasteiger partial charge >= 0.3 is 0 Å². The average Bonchev–Trinajstić information content (AvgIpc) is 2.21. The van der Waals surface area contributed by atoms with Crippen LogP contribution in [0.3, 0.4) is 0 Å². The monoisotopic (exact) mass is 236 g/mol. The Balaban J connectivity index is 2.64. The lowest BCUT2D eigenvalue weighted by molar-refractivity contribution is -0.302. The van der Waals surface area contributed by atoms with Crippen LogP contribution >= 0.6 is 0 Å². The number of methoxy groups -OCH3 is 1. The van der Waals surface area contributed by atoms with Crippen LogP contribution in [0.1, 0.15) is 13.8 Å². The number of hydrogen-bond donors (Lipinski definition) is 3. The quantitative estimate of drug-likeness (QED) is 0.572. The maximum Gasteiger partial charge on any atom is 0.184 e. The van der Waals surface area contributed by atoms with Gasteiger partial charge in [0.2, 0.25) is 0 Å². The van der Waals surface area contributed by atoms with E-state index in [4.69, 9.17) is 14.2 Å². The van der Waals surface area contributed by atoms with Crippen molar-refractivity contribution >= 4 is 0 Å². The third-order valence-electron chi connectivity index (χ3n) is 2.42. The first kappa shape index (κ1) is 13.8. The minimum absolute atomic E-state index is 0.101. The van der Waals surface area contributed by atoms with E-state index < -0.39 is 30.7 Å². The first-order valence-corrected chi connectivity index (χ1v) is 5.31. The van der Waals surface area contributed by atoms with Crippen LogP contribution in [0.25, 0.3) is 0 Å². The molecule has 3 N–H and O–H groups in total. The minimum Gasteiger partial charge on any atom is -0.387 e. The third-order valence-corrected chi connectivity index (χ3v) is 2.42. The van der Waals surface area contributed by atoms with Gasteiger partial charge in [0.05, 0.1) is 12.7 Å². The number of rotatable bonds is 4. The molecule has 1 fully saturated rings. The normalized spacial score (nSPS) is 40.3. The molecule has 1 aliphatic rings. The summed E-state index contributed by atoms with van der Waals surface area (Å²) in [6.07, 6.45) is -5.45. The van der Waals surface area contributed by atoms with E-state index in [1.54, 1.807) is 13.8 Å². The molecule has 1 rings (SSSR count). The Bertz CT molecular complexity index is 209. The zero-order valence-corrected chi connectivity index (χ0v) is 9.74. The summed E-state index contributed by atoms with van der Waals surface area (Å²) in [6, 6.07) is 0. The van der Waals surface area contributed by atoms with Crippen molar-refractivity contribution in [2.24, 2.45) is 0 Å². The largest absolute Gasteiger partial charge is 0.387 e. The molecule has 0 spiro atoms. The first-order chi connectivity index (χ1) is 7.47. The highest BCUT2D eigenvalue weighted by atomic mass is 16.7. The van der Waals surface area contributed by atoms with E-state index in [1.807, 2.05) is 0 Å². The van der Waals surface area contributed by atoms with Gasteiger partial charge in [-0.05, 0) is 13.8 Å². The number of hydrogen-bond acceptors (Lipinski definition) is 6. The first-order valence-electron chi connectivity index (χ1n) is 5.31. The van der Waals surface area contributed by atoms with Crippen LogP contribution in [0.4, 0.5) is 0 Å². The van der Waals surface area contributed by atoms with Crippen LogP contribution in [0, 0.1) is 0 Å². The van der Waals surface area contributed by atoms with Crippen molar-refractivity contribution in [1.82, 2.24) is 0 Å². The van der Waals surface area contributed by atoms with Gasteiger partial charge in [-0.3, -0.25) is 0 Å². The Kier molecular flexibility index (Phi) is 5.10. The maximum absolute atomic E-state index is 9.78. The van der Waals surface area contributed by atoms with Gasteiger partial charge in [0.1, 0.15) is 24.4 Å². The second-order valence-electron chi connectivity index (χ2n) is 4.15. The molecule has 0 radical (unpaired) electrons. The Morgan fingerprint density at radius 2 is 1.81 bits per heavy atom. The Labute approximate surface area is 94.7 Å². The van der Waals surface area contributed by atoms with Crippen molar-refractivity contribution in [3.63, 3.8) is 0 Å². The van der Waals surface area contributed by atoms with Gasteiger partial charge in [-0.15, -0.1) is 0 Å². The lowest BCUT2D eigenvalue weighted by atomic mass is 9.99. The zero-order valence-electron chi connectivity index (χ0n) is 9.74. The van der Waals surface area contributed by atoms with Gasteiger partial charge in [0, 0.05) is 7.11 Å². The van der Waals surface area contributed by atoms with E-state index in [0.29, 0.717) is 0 Å². The molecule has 16 heavy (non-hydrogen) atoms. The summed E-state index contributed by atoms with van der Waals surface area (Å²) in [5.74, 6) is 0. The van der Waals surface area contributed by atoms with Crippen molar-refractivity contribution < 1.29 is 29.5 Å². The molecule has 1 aliphatic heterocycles. The molecule has 0 amide bonds. The van der Waals surface area contributed by atoms with E-state index >= 15 is 0 Å². The highest BCUT2D eigenvalue weighted by molar-refractivity contribution is 4.89. The van der Waals surface area contributed by atoms with E-state index in [9.17, 15) is 15.3 Å². The predicted molar refractivity (Wildman–Crippen MR) is 54.8 cm³/mol. The second-order valence-corrected chi connectivity index (χ2v) is 4.15. The van der Waals surface area contributed by atoms with Crippen LogP contribution < -0.4 is 0 Å². The number of aliphatic hydroxyl groups is 3. The zero-order chi connectivity index (χ0) is 12.3. The van der Waals surface area contributed by atoms with Crippen molar-refractivity contribution in [2.75, 3.05) is 13.7 Å². The molecule has 0 bridgehead atoms. The third kappa shape index (κ3) is 3.13. The Morgan fingerprint density at radius 1 is 1.19 bits per heavy atom. The molecule has 6 heteroatoms. The van der Waals surface area contributed by atoms with E-state index in [0.717, 1.165) is 0 Å². The van der Waals surface area contributed by atoms with Crippen LogP contribution in [-0.2, 0) is 14.2 Å². The molecule has 0 saturated carbocycles. The summed E-state index contributed by atoms with van der Waals surface area (Å²) in [4.78, 5) is 0. The van der Waals surface area contributed by atoms with Gasteiger partial charge in [-0.2, -0.15) is 0 Å². The summed E-state index contributed by atoms with van der Waals surface area (Å²) in [7, 11) is 1.45. The summed E-state index contributed by atoms with van der Waals surface area (Å²) in [6.45, 7) is 3.64. The highest BCUT2D eigenvalue weighted by Crippen LogP contribution is 2.23. The van der Waals surface area contributed by atoms with Crippen molar-refractivity contribution in [3.8, 4) is 0 Å². The van der Waals surface area contributed by atoms with E-state index in [-0.39, 0.29) is 12.7 Å². The molecule has 0 aliphatic carbocycles. The van der Waals surface area contributed by atoms with Crippen LogP contribution in [0.15, 0.2) is 0 Å². The Morgan fingerprint density at radius 3 is 2.31 bits per heavy atom. The van der Waals surface area contributed by atoms with Gasteiger partial charge < -0.3 is 29.5 Å². The SMILES string of the molecule is COC[C@H]1O[C@@H](O)[C@H](OC(C)C)[C@@H](O)[C@@H]1O. The van der Waals surface area contributed by atoms with E-state index in [2.05, 4.69) is 0 Å². The summed E-state index contributed by atoms with van der Waals surface area (Å²) >= 11 is 0. The lowest BCUT2D eigenvalue weighted by Crippen LogP contribution is -2.59. The molecule has 0 aromatic carbocycles. The van der Waals surface area contributed by atoms with Crippen molar-refractivity contribution in [2.45, 2.75) is 50.7 Å². The van der Waals surface area contributed by atoms with Gasteiger partial charge in [-0.1, -0.05) is 0 Å². The standard InChI is InChI=1S/C10H20O6/c1-5(2)15-9-8(12)7(11)6(4-14-3)16-10(9)13/h5-13H,4H2,1-3H3/t6-,7-,8+,9-,10-/m1/s1. The fourth-order valence-corrected chi connectivity index (χ4v) is 1.68. The molecule has 0 aromatic rings. The molecule has 96 valence electrons. The lowest BCUT2D eigenvalue weighted by Gasteiger charge is -2.40. The summed E-state index contributed by atoms with van der Waals surface area (Å²) in [5.41, 5.74) is 0. The molecule has 0 unspecified atom stereocenters. The maximum atomic E-state index is 9.78. The minimum atomic E-state index is -1.26. The van der Waals surface area contributed by atoms with Gasteiger partial charge in [0.25, 0.3) is 0 Å². The molecule has 5 atom stereocenters. The smallest absolute Gasteiger partial charge is 0.184 e. The molecular formula is C10H20O6. The average molecular weight is 236 g/mol. The number of ether oxygens (including phenoxy) is 3. The topological polar surface area (TPSA) is 88.4 Å². The van der Waals surface area contributed by atoms with Crippen LogP contribution in [0.5, 0.6) is 0 Å². The molecular weight excluding hydrogens is 216 g/mol. The highest BCUT2D eigenvalue weighted by Gasteiger charge is 2.44. The van der Waals surface area contributed by atoms with Crippen molar-refractivity contribution in [3.05, 3.63) is 0 Å². The second kappa shape index (κ2) is 5.90. The van der Waals surface area contributed by atoms with Gasteiger partial charge in [-0.25, -0.2) is 0 Å². The predicted octanol–water partition coefficient (Wildman–Crippen LogP) is -1.13. The summed E-state index contributed by atoms with van der Waals surface area (Å²) < 4.78 is 15.2.